The molecule has 3 heterocycles. The van der Waals surface area contributed by atoms with E-state index in [0.717, 1.165) is 19.3 Å². The zero-order valence-corrected chi connectivity index (χ0v) is 25.9. The topological polar surface area (TPSA) is 118 Å². The van der Waals surface area contributed by atoms with Crippen LogP contribution >= 0.6 is 0 Å². The van der Waals surface area contributed by atoms with Crippen LogP contribution in [0.15, 0.2) is 6.07 Å². The number of carbonyl (C=O) groups excluding carboxylic acids is 3. The van der Waals surface area contributed by atoms with E-state index in [2.05, 4.69) is 21.7 Å². The monoisotopic (exact) mass is 574 g/mol. The molecule has 3 aliphatic rings. The lowest BCUT2D eigenvalue weighted by Gasteiger charge is -2.43. The molecule has 41 heavy (non-hydrogen) atoms. The first kappa shape index (κ1) is 30.6. The number of amides is 2. The van der Waals surface area contributed by atoms with E-state index in [9.17, 15) is 14.4 Å². The van der Waals surface area contributed by atoms with Crippen molar-refractivity contribution in [3.8, 4) is 0 Å². The number of aromatic nitrogens is 2. The van der Waals surface area contributed by atoms with Gasteiger partial charge in [0.05, 0.1) is 12.6 Å². The van der Waals surface area contributed by atoms with Gasteiger partial charge in [-0.25, -0.2) is 19.4 Å². The summed E-state index contributed by atoms with van der Waals surface area (Å²) in [6, 6.07) is 1.60. The first-order valence-electron chi connectivity index (χ1n) is 14.6. The quantitative estimate of drug-likeness (QED) is 0.385. The average Bonchev–Trinajstić information content (AvgIpc) is 3.68. The van der Waals surface area contributed by atoms with Crippen molar-refractivity contribution in [3.05, 3.63) is 11.8 Å². The van der Waals surface area contributed by atoms with Crippen LogP contribution in [-0.4, -0.2) is 107 Å². The molecule has 2 saturated heterocycles. The molecule has 1 saturated carbocycles. The molecule has 12 heteroatoms. The molecule has 1 aliphatic carbocycles. The van der Waals surface area contributed by atoms with Crippen molar-refractivity contribution in [2.45, 2.75) is 96.9 Å². The Hall–Kier alpha value is -3.31. The molecule has 1 aromatic rings. The summed E-state index contributed by atoms with van der Waals surface area (Å²) in [5.74, 6) is 0.510. The van der Waals surface area contributed by atoms with E-state index in [1.807, 2.05) is 46.4 Å². The Morgan fingerprint density at radius 1 is 0.951 bits per heavy atom. The van der Waals surface area contributed by atoms with Gasteiger partial charge in [-0.2, -0.15) is 4.98 Å². The Balaban J connectivity index is 1.59. The number of carbonyl (C=O) groups is 3. The van der Waals surface area contributed by atoms with Crippen LogP contribution in [0.3, 0.4) is 0 Å². The number of esters is 1. The first-order chi connectivity index (χ1) is 19.1. The van der Waals surface area contributed by atoms with Crippen molar-refractivity contribution in [1.82, 2.24) is 19.8 Å². The van der Waals surface area contributed by atoms with Crippen molar-refractivity contribution in [1.29, 1.82) is 0 Å². The van der Waals surface area contributed by atoms with E-state index < -0.39 is 17.2 Å². The van der Waals surface area contributed by atoms with Crippen LogP contribution in [0.4, 0.5) is 21.4 Å². The van der Waals surface area contributed by atoms with Gasteiger partial charge in [0.15, 0.2) is 5.69 Å². The summed E-state index contributed by atoms with van der Waals surface area (Å²) in [6.45, 7) is 16.5. The molecule has 0 unspecified atom stereocenters. The van der Waals surface area contributed by atoms with Crippen LogP contribution in [0.5, 0.6) is 0 Å². The predicted octanol–water partition coefficient (Wildman–Crippen LogP) is 4.08. The summed E-state index contributed by atoms with van der Waals surface area (Å²) >= 11 is 0. The minimum absolute atomic E-state index is 0.0652. The zero-order valence-electron chi connectivity index (χ0n) is 25.9. The average molecular weight is 575 g/mol. The van der Waals surface area contributed by atoms with Crippen molar-refractivity contribution in [3.63, 3.8) is 0 Å². The predicted molar refractivity (Wildman–Crippen MR) is 154 cm³/mol. The van der Waals surface area contributed by atoms with Gasteiger partial charge in [-0.1, -0.05) is 6.92 Å². The van der Waals surface area contributed by atoms with E-state index in [1.54, 1.807) is 11.0 Å². The molecule has 2 amide bonds. The largest absolute Gasteiger partial charge is 0.464 e. The van der Waals surface area contributed by atoms with Crippen LogP contribution in [0.2, 0.25) is 0 Å². The summed E-state index contributed by atoms with van der Waals surface area (Å²) in [6.07, 6.45) is 2.59. The van der Waals surface area contributed by atoms with Crippen LogP contribution in [0.1, 0.15) is 84.6 Å². The molecule has 2 aliphatic heterocycles. The molecule has 0 radical (unpaired) electrons. The molecule has 12 nitrogen and oxygen atoms in total. The number of piperazine rings is 1. The molecule has 1 atom stereocenters. The van der Waals surface area contributed by atoms with Crippen LogP contribution in [0, 0.1) is 0 Å². The summed E-state index contributed by atoms with van der Waals surface area (Å²) in [7, 11) is 1.34. The highest BCUT2D eigenvalue weighted by molar-refractivity contribution is 5.88. The van der Waals surface area contributed by atoms with Gasteiger partial charge < -0.3 is 28.9 Å². The summed E-state index contributed by atoms with van der Waals surface area (Å²) in [4.78, 5) is 55.9. The SMILES string of the molecule is CC[C@H]1CN(C(=O)OC(C)(C)C)CCCN1c1nc(C(=O)OC)cc(N2CCN(C(=O)OC(C)(C)C)C3(CC3)C2)n1. The highest BCUT2D eigenvalue weighted by Crippen LogP contribution is 2.45. The number of nitrogens with zero attached hydrogens (tertiary/aromatic N) is 6. The Labute approximate surface area is 243 Å². The third-order valence-corrected chi connectivity index (χ3v) is 7.59. The number of hydrogen-bond donors (Lipinski definition) is 0. The minimum Gasteiger partial charge on any atom is -0.464 e. The van der Waals surface area contributed by atoms with E-state index >= 15 is 0 Å². The van der Waals surface area contributed by atoms with Crippen molar-refractivity contribution < 1.29 is 28.6 Å². The van der Waals surface area contributed by atoms with Gasteiger partial charge in [0.2, 0.25) is 5.95 Å². The van der Waals surface area contributed by atoms with E-state index in [1.165, 1.54) is 7.11 Å². The van der Waals surface area contributed by atoms with Gasteiger partial charge in [0.1, 0.15) is 17.0 Å². The lowest BCUT2D eigenvalue weighted by atomic mass is 10.1. The number of ether oxygens (including phenoxy) is 3. The fraction of sp³-hybridized carbons (Fsp3) is 0.759. The fourth-order valence-corrected chi connectivity index (χ4v) is 5.43. The normalized spacial score (nSPS) is 20.9. The van der Waals surface area contributed by atoms with Crippen LogP contribution in [-0.2, 0) is 14.2 Å². The van der Waals surface area contributed by atoms with E-state index in [0.29, 0.717) is 57.5 Å². The fourth-order valence-electron chi connectivity index (χ4n) is 5.43. The van der Waals surface area contributed by atoms with Gasteiger partial charge in [0, 0.05) is 51.4 Å². The Morgan fingerprint density at radius 3 is 2.20 bits per heavy atom. The third-order valence-electron chi connectivity index (χ3n) is 7.59. The number of hydrogen-bond acceptors (Lipinski definition) is 10. The molecular weight excluding hydrogens is 528 g/mol. The van der Waals surface area contributed by atoms with Gasteiger partial charge in [0.25, 0.3) is 0 Å². The molecule has 0 N–H and O–H groups in total. The smallest absolute Gasteiger partial charge is 0.410 e. The molecule has 3 fully saturated rings. The Bertz CT molecular complexity index is 1140. The van der Waals surface area contributed by atoms with Gasteiger partial charge >= 0.3 is 18.2 Å². The summed E-state index contributed by atoms with van der Waals surface area (Å²) < 4.78 is 16.4. The van der Waals surface area contributed by atoms with Gasteiger partial charge in [-0.05, 0) is 67.2 Å². The Morgan fingerprint density at radius 2 is 1.61 bits per heavy atom. The lowest BCUT2D eigenvalue weighted by molar-refractivity contribution is 0.0105. The molecule has 1 spiro atoms. The maximum atomic E-state index is 13.0. The third kappa shape index (κ3) is 7.32. The number of rotatable bonds is 4. The molecule has 1 aromatic heterocycles. The van der Waals surface area contributed by atoms with Crippen LogP contribution in [0.25, 0.3) is 0 Å². The van der Waals surface area contributed by atoms with Crippen molar-refractivity contribution >= 4 is 29.9 Å². The number of anilines is 2. The molecule has 0 bridgehead atoms. The second kappa shape index (κ2) is 11.5. The maximum Gasteiger partial charge on any atom is 0.410 e. The first-order valence-corrected chi connectivity index (χ1v) is 14.6. The van der Waals surface area contributed by atoms with Gasteiger partial charge in [-0.15, -0.1) is 0 Å². The van der Waals surface area contributed by atoms with Crippen LogP contribution < -0.4 is 9.80 Å². The lowest BCUT2D eigenvalue weighted by Crippen LogP contribution is -2.58. The second-order valence-electron chi connectivity index (χ2n) is 13.2. The molecule has 0 aromatic carbocycles. The standard InChI is InChI=1S/C29H46N6O6/c1-9-20-18-32(25(37)40-27(2,3)4)13-10-14-34(20)24-30-21(23(36)39-8)17-22(31-24)33-15-16-35(29(19-33)11-12-29)26(38)41-28(5,6)7/h17,20H,9-16,18-19H2,1-8H3/t20-/m0/s1. The highest BCUT2D eigenvalue weighted by Gasteiger charge is 2.54. The summed E-state index contributed by atoms with van der Waals surface area (Å²) in [5, 5.41) is 0. The minimum atomic E-state index is -0.579. The van der Waals surface area contributed by atoms with Crippen molar-refractivity contribution in [2.24, 2.45) is 0 Å². The second-order valence-corrected chi connectivity index (χ2v) is 13.2. The number of methoxy groups -OCH3 is 1. The Kier molecular flexibility index (Phi) is 8.61. The van der Waals surface area contributed by atoms with Gasteiger partial charge in [-0.3, -0.25) is 4.90 Å². The summed E-state index contributed by atoms with van der Waals surface area (Å²) in [5.41, 5.74) is -1.28. The molecular formula is C29H46N6O6. The molecule has 4 rings (SSSR count). The van der Waals surface area contributed by atoms with E-state index in [4.69, 9.17) is 19.2 Å². The zero-order chi connectivity index (χ0) is 30.2. The van der Waals surface area contributed by atoms with Crippen molar-refractivity contribution in [2.75, 3.05) is 56.2 Å². The van der Waals surface area contributed by atoms with E-state index in [-0.39, 0.29) is 29.5 Å². The molecule has 228 valence electrons. The highest BCUT2D eigenvalue weighted by atomic mass is 16.6. The maximum absolute atomic E-state index is 13.0.